The molecule has 0 aliphatic carbocycles. The Morgan fingerprint density at radius 2 is 1.89 bits per heavy atom. The van der Waals surface area contributed by atoms with E-state index in [0.717, 1.165) is 17.0 Å². The molecule has 1 atom stereocenters. The van der Waals surface area contributed by atoms with E-state index in [1.54, 1.807) is 18.2 Å². The Bertz CT molecular complexity index is 1330. The number of benzene rings is 2. The Kier molecular flexibility index (Phi) is 6.53. The lowest BCUT2D eigenvalue weighted by Crippen LogP contribution is -2.29. The number of ketones is 1. The lowest BCUT2D eigenvalue weighted by Gasteiger charge is -2.25. The maximum Gasteiger partial charge on any atom is 0.416 e. The van der Waals surface area contributed by atoms with Gasteiger partial charge in [-0.2, -0.15) is 13.2 Å². The average molecular weight is 503 g/mol. The quantitative estimate of drug-likeness (QED) is 0.288. The van der Waals surface area contributed by atoms with Gasteiger partial charge in [0.25, 0.3) is 11.7 Å². The number of hydrogen-bond donors (Lipinski definition) is 1. The van der Waals surface area contributed by atoms with Crippen molar-refractivity contribution in [2.75, 3.05) is 7.11 Å². The van der Waals surface area contributed by atoms with Crippen LogP contribution in [-0.2, 0) is 22.3 Å². The molecule has 6 nitrogen and oxygen atoms in total. The third-order valence-corrected chi connectivity index (χ3v) is 5.85. The van der Waals surface area contributed by atoms with E-state index >= 15 is 0 Å². The summed E-state index contributed by atoms with van der Waals surface area (Å²) in [5.41, 5.74) is -0.527. The Balaban J connectivity index is 1.84. The average Bonchev–Trinajstić information content (AvgIpc) is 3.09. The second kappa shape index (κ2) is 9.42. The first kappa shape index (κ1) is 24.3. The molecule has 0 radical (unpaired) electrons. The van der Waals surface area contributed by atoms with Crippen molar-refractivity contribution >= 4 is 29.1 Å². The van der Waals surface area contributed by atoms with Crippen molar-refractivity contribution in [3.8, 4) is 5.75 Å². The Morgan fingerprint density at radius 3 is 2.54 bits per heavy atom. The number of carbonyl (C=O) groups excluding carboxylic acids is 2. The number of amides is 1. The summed E-state index contributed by atoms with van der Waals surface area (Å²) < 4.78 is 44.8. The van der Waals surface area contributed by atoms with Gasteiger partial charge in [0.05, 0.1) is 29.0 Å². The number of pyridine rings is 1. The number of methoxy groups -OCH3 is 1. The fourth-order valence-corrected chi connectivity index (χ4v) is 4.09. The Labute approximate surface area is 203 Å². The summed E-state index contributed by atoms with van der Waals surface area (Å²) in [6.45, 7) is -0.309. The van der Waals surface area contributed by atoms with Gasteiger partial charge in [-0.15, -0.1) is 0 Å². The normalized spacial score (nSPS) is 17.6. The van der Waals surface area contributed by atoms with Gasteiger partial charge >= 0.3 is 6.18 Å². The van der Waals surface area contributed by atoms with E-state index in [-0.39, 0.29) is 39.7 Å². The van der Waals surface area contributed by atoms with Crippen molar-refractivity contribution in [1.82, 2.24) is 9.88 Å². The molecule has 0 spiro atoms. The van der Waals surface area contributed by atoms with E-state index in [0.29, 0.717) is 0 Å². The zero-order chi connectivity index (χ0) is 25.3. The van der Waals surface area contributed by atoms with Gasteiger partial charge in [-0.05, 0) is 48.0 Å². The van der Waals surface area contributed by atoms with Crippen LogP contribution < -0.4 is 4.74 Å². The van der Waals surface area contributed by atoms with Crippen LogP contribution in [0.4, 0.5) is 13.2 Å². The summed E-state index contributed by atoms with van der Waals surface area (Å²) >= 11 is 6.05. The smallest absolute Gasteiger partial charge is 0.416 e. The second-order valence-electron chi connectivity index (χ2n) is 7.73. The number of ether oxygens (including phenoxy) is 1. The number of nitrogens with zero attached hydrogens (tertiary/aromatic N) is 2. The van der Waals surface area contributed by atoms with Crippen molar-refractivity contribution in [2.24, 2.45) is 0 Å². The number of aliphatic hydroxyl groups is 1. The first-order chi connectivity index (χ1) is 16.6. The molecular weight excluding hydrogens is 485 g/mol. The van der Waals surface area contributed by atoms with E-state index < -0.39 is 35.2 Å². The second-order valence-corrected chi connectivity index (χ2v) is 8.14. The topological polar surface area (TPSA) is 79.7 Å². The van der Waals surface area contributed by atoms with Crippen molar-refractivity contribution in [3.63, 3.8) is 0 Å². The molecule has 0 saturated carbocycles. The monoisotopic (exact) mass is 502 g/mol. The minimum absolute atomic E-state index is 0.163. The molecule has 1 saturated heterocycles. The van der Waals surface area contributed by atoms with Crippen LogP contribution in [0.15, 0.2) is 72.4 Å². The van der Waals surface area contributed by atoms with Gasteiger partial charge in [0.15, 0.2) is 0 Å². The van der Waals surface area contributed by atoms with Gasteiger partial charge in [0.2, 0.25) is 0 Å². The van der Waals surface area contributed by atoms with E-state index in [4.69, 9.17) is 16.3 Å². The molecule has 10 heteroatoms. The predicted octanol–water partition coefficient (Wildman–Crippen LogP) is 5.38. The van der Waals surface area contributed by atoms with Crippen LogP contribution in [0, 0.1) is 0 Å². The molecule has 2 aromatic carbocycles. The molecule has 1 amide bonds. The number of rotatable bonds is 5. The zero-order valence-electron chi connectivity index (χ0n) is 18.2. The SMILES string of the molecule is COc1cc(/C(O)=C2\C(=O)C(=O)N(Cc3cccc(C(F)(F)F)c3)C2c2ccccn2)ccc1Cl. The summed E-state index contributed by atoms with van der Waals surface area (Å²) in [5, 5.41) is 11.4. The molecule has 3 aromatic rings. The zero-order valence-corrected chi connectivity index (χ0v) is 19.0. The van der Waals surface area contributed by atoms with Crippen LogP contribution in [0.5, 0.6) is 5.75 Å². The minimum Gasteiger partial charge on any atom is -0.507 e. The van der Waals surface area contributed by atoms with Crippen molar-refractivity contribution in [2.45, 2.75) is 18.8 Å². The van der Waals surface area contributed by atoms with Gasteiger partial charge in [-0.3, -0.25) is 14.6 Å². The van der Waals surface area contributed by atoms with Gasteiger partial charge < -0.3 is 14.7 Å². The number of halogens is 4. The van der Waals surface area contributed by atoms with Gasteiger partial charge in [-0.25, -0.2) is 0 Å². The van der Waals surface area contributed by atoms with Crippen LogP contribution >= 0.6 is 11.6 Å². The van der Waals surface area contributed by atoms with Crippen molar-refractivity contribution in [3.05, 3.63) is 99.8 Å². The van der Waals surface area contributed by atoms with Crippen LogP contribution in [-0.4, -0.2) is 33.8 Å². The number of likely N-dealkylation sites (tertiary alicyclic amines) is 1. The lowest BCUT2D eigenvalue weighted by atomic mass is 9.98. The highest BCUT2D eigenvalue weighted by atomic mass is 35.5. The van der Waals surface area contributed by atoms with Crippen molar-refractivity contribution in [1.29, 1.82) is 0 Å². The lowest BCUT2D eigenvalue weighted by molar-refractivity contribution is -0.140. The van der Waals surface area contributed by atoms with E-state index in [1.165, 1.54) is 43.6 Å². The molecule has 1 N–H and O–H groups in total. The number of Topliss-reactive ketones (excluding diaryl/α,β-unsaturated/α-hetero) is 1. The molecule has 0 bridgehead atoms. The number of aliphatic hydroxyl groups excluding tert-OH is 1. The number of aromatic nitrogens is 1. The minimum atomic E-state index is -4.57. The van der Waals surface area contributed by atoms with Crippen LogP contribution in [0.1, 0.15) is 28.4 Å². The van der Waals surface area contributed by atoms with Crippen LogP contribution in [0.3, 0.4) is 0 Å². The fraction of sp³-hybridized carbons (Fsp3) is 0.160. The first-order valence-corrected chi connectivity index (χ1v) is 10.7. The van der Waals surface area contributed by atoms with Gasteiger partial charge in [-0.1, -0.05) is 29.8 Å². The Morgan fingerprint density at radius 1 is 1.11 bits per heavy atom. The highest BCUT2D eigenvalue weighted by molar-refractivity contribution is 6.46. The molecule has 2 heterocycles. The standard InChI is InChI=1S/C25H18ClF3N2O4/c1-35-19-12-15(8-9-17(19)26)22(32)20-21(18-7-2-3-10-30-18)31(24(34)23(20)33)13-14-5-4-6-16(11-14)25(27,28)29/h2-12,21,32H,13H2,1H3/b22-20+. The highest BCUT2D eigenvalue weighted by Crippen LogP contribution is 2.41. The van der Waals surface area contributed by atoms with Gasteiger partial charge in [0, 0.05) is 18.3 Å². The molecule has 1 unspecified atom stereocenters. The molecule has 35 heavy (non-hydrogen) atoms. The van der Waals surface area contributed by atoms with Crippen LogP contribution in [0.2, 0.25) is 5.02 Å². The number of carbonyl (C=O) groups is 2. The first-order valence-electron chi connectivity index (χ1n) is 10.3. The molecule has 1 aliphatic heterocycles. The van der Waals surface area contributed by atoms with Gasteiger partial charge in [0.1, 0.15) is 17.6 Å². The third-order valence-electron chi connectivity index (χ3n) is 5.54. The maximum absolute atomic E-state index is 13.2. The summed E-state index contributed by atoms with van der Waals surface area (Å²) in [5.74, 6) is -2.21. The molecule has 4 rings (SSSR count). The summed E-state index contributed by atoms with van der Waals surface area (Å²) in [6, 6.07) is 12.5. The summed E-state index contributed by atoms with van der Waals surface area (Å²) in [7, 11) is 1.38. The van der Waals surface area contributed by atoms with Crippen molar-refractivity contribution < 1.29 is 32.6 Å². The van der Waals surface area contributed by atoms with E-state index in [9.17, 15) is 27.9 Å². The molecule has 1 aromatic heterocycles. The molecule has 180 valence electrons. The maximum atomic E-state index is 13.2. The Hall–Kier alpha value is -3.85. The number of hydrogen-bond acceptors (Lipinski definition) is 5. The highest BCUT2D eigenvalue weighted by Gasteiger charge is 2.47. The van der Waals surface area contributed by atoms with Crippen LogP contribution in [0.25, 0.3) is 5.76 Å². The summed E-state index contributed by atoms with van der Waals surface area (Å²) in [6.07, 6.45) is -3.12. The number of alkyl halides is 3. The third kappa shape index (κ3) is 4.72. The fourth-order valence-electron chi connectivity index (χ4n) is 3.89. The molecule has 1 fully saturated rings. The summed E-state index contributed by atoms with van der Waals surface area (Å²) in [4.78, 5) is 31.4. The molecular formula is C25H18ClF3N2O4. The molecule has 1 aliphatic rings. The largest absolute Gasteiger partial charge is 0.507 e. The van der Waals surface area contributed by atoms with E-state index in [2.05, 4.69) is 4.98 Å². The predicted molar refractivity (Wildman–Crippen MR) is 122 cm³/mol. The van der Waals surface area contributed by atoms with E-state index in [1.807, 2.05) is 0 Å².